The summed E-state index contributed by atoms with van der Waals surface area (Å²) in [7, 11) is 0. The van der Waals surface area contributed by atoms with Gasteiger partial charge in [0, 0.05) is 36.7 Å². The maximum atomic E-state index is 6.13. The van der Waals surface area contributed by atoms with E-state index in [4.69, 9.17) is 5.73 Å². The molecule has 1 saturated heterocycles. The van der Waals surface area contributed by atoms with Gasteiger partial charge < -0.3 is 15.6 Å². The highest BCUT2D eigenvalue weighted by Gasteiger charge is 2.17. The second-order valence-electron chi connectivity index (χ2n) is 6.04. The van der Waals surface area contributed by atoms with Gasteiger partial charge >= 0.3 is 0 Å². The lowest BCUT2D eigenvalue weighted by Gasteiger charge is -2.31. The second kappa shape index (κ2) is 6.20. The monoisotopic (exact) mass is 284 g/mol. The molecule has 1 aliphatic heterocycles. The zero-order valence-corrected chi connectivity index (χ0v) is 12.7. The number of nitrogens with two attached hydrogens (primary N) is 1. The van der Waals surface area contributed by atoms with Crippen LogP contribution in [0.15, 0.2) is 35.5 Å². The Hall–Kier alpha value is -1.97. The van der Waals surface area contributed by atoms with E-state index >= 15 is 0 Å². The van der Waals surface area contributed by atoms with Crippen LogP contribution in [0.25, 0.3) is 10.9 Å². The minimum absolute atomic E-state index is 0.710. The number of piperidine rings is 1. The number of nitrogens with one attached hydrogen (secondary N) is 1. The van der Waals surface area contributed by atoms with Gasteiger partial charge in [0.15, 0.2) is 5.96 Å². The van der Waals surface area contributed by atoms with Crippen molar-refractivity contribution in [3.8, 4) is 0 Å². The topological polar surface area (TPSA) is 57.4 Å². The molecular weight excluding hydrogens is 260 g/mol. The second-order valence-corrected chi connectivity index (χ2v) is 6.04. The van der Waals surface area contributed by atoms with Crippen LogP contribution >= 0.6 is 0 Å². The molecule has 1 aliphatic rings. The predicted molar refractivity (Wildman–Crippen MR) is 88.5 cm³/mol. The molecule has 0 bridgehead atoms. The van der Waals surface area contributed by atoms with Crippen molar-refractivity contribution in [2.75, 3.05) is 19.6 Å². The number of guanidine groups is 1. The number of hydrogen-bond acceptors (Lipinski definition) is 1. The molecule has 1 aromatic heterocycles. The molecule has 0 spiro atoms. The molecule has 112 valence electrons. The lowest BCUT2D eigenvalue weighted by atomic mass is 10.0. The van der Waals surface area contributed by atoms with E-state index in [2.05, 4.69) is 52.3 Å². The molecule has 1 aromatic carbocycles. The molecule has 3 rings (SSSR count). The van der Waals surface area contributed by atoms with Crippen LogP contribution in [0.2, 0.25) is 0 Å². The average Bonchev–Trinajstić information content (AvgIpc) is 2.91. The molecule has 0 aliphatic carbocycles. The number of H-pyrrole nitrogens is 1. The summed E-state index contributed by atoms with van der Waals surface area (Å²) in [5.74, 6) is 1.43. The van der Waals surface area contributed by atoms with E-state index in [0.29, 0.717) is 5.96 Å². The number of fused-ring (bicyclic) bond motifs is 1. The number of likely N-dealkylation sites (tertiary alicyclic amines) is 1. The smallest absolute Gasteiger partial charge is 0.191 e. The van der Waals surface area contributed by atoms with Gasteiger partial charge in [0.25, 0.3) is 0 Å². The van der Waals surface area contributed by atoms with Gasteiger partial charge in [0.1, 0.15) is 0 Å². The first-order valence-corrected chi connectivity index (χ1v) is 7.84. The van der Waals surface area contributed by atoms with Crippen molar-refractivity contribution in [1.29, 1.82) is 0 Å². The molecule has 1 fully saturated rings. The van der Waals surface area contributed by atoms with Gasteiger partial charge in [-0.3, -0.25) is 4.99 Å². The van der Waals surface area contributed by atoms with E-state index in [9.17, 15) is 0 Å². The van der Waals surface area contributed by atoms with E-state index in [1.165, 1.54) is 29.3 Å². The predicted octanol–water partition coefficient (Wildman–Crippen LogP) is 2.76. The van der Waals surface area contributed by atoms with E-state index < -0.39 is 0 Å². The van der Waals surface area contributed by atoms with Crippen LogP contribution in [-0.4, -0.2) is 35.5 Å². The van der Waals surface area contributed by atoms with E-state index in [0.717, 1.165) is 32.0 Å². The SMILES string of the molecule is CC1CCCN(C(N)=NCCc2c[nH]c3ccccc23)C1. The molecule has 0 radical (unpaired) electrons. The van der Waals surface area contributed by atoms with Crippen molar-refractivity contribution < 1.29 is 0 Å². The summed E-state index contributed by atoms with van der Waals surface area (Å²) in [6, 6.07) is 8.38. The molecule has 2 aromatic rings. The third kappa shape index (κ3) is 3.20. The number of nitrogens with zero attached hydrogens (tertiary/aromatic N) is 2. The number of benzene rings is 1. The Labute approximate surface area is 126 Å². The molecule has 21 heavy (non-hydrogen) atoms. The number of aromatic amines is 1. The fourth-order valence-corrected chi connectivity index (χ4v) is 3.13. The largest absolute Gasteiger partial charge is 0.370 e. The normalized spacial score (nSPS) is 20.1. The van der Waals surface area contributed by atoms with Crippen molar-refractivity contribution in [3.63, 3.8) is 0 Å². The summed E-state index contributed by atoms with van der Waals surface area (Å²) in [6.07, 6.45) is 5.53. The summed E-state index contributed by atoms with van der Waals surface area (Å²) in [6.45, 7) is 5.12. The molecular formula is C17H24N4. The Morgan fingerprint density at radius 2 is 2.29 bits per heavy atom. The Balaban J connectivity index is 1.61. The number of hydrogen-bond donors (Lipinski definition) is 2. The van der Waals surface area contributed by atoms with Crippen molar-refractivity contribution in [2.24, 2.45) is 16.6 Å². The van der Waals surface area contributed by atoms with Crippen molar-refractivity contribution >= 4 is 16.9 Å². The first kappa shape index (κ1) is 14.0. The van der Waals surface area contributed by atoms with Crippen molar-refractivity contribution in [2.45, 2.75) is 26.2 Å². The Morgan fingerprint density at radius 3 is 3.14 bits per heavy atom. The van der Waals surface area contributed by atoms with Gasteiger partial charge in [-0.1, -0.05) is 25.1 Å². The van der Waals surface area contributed by atoms with Gasteiger partial charge in [0.2, 0.25) is 0 Å². The van der Waals surface area contributed by atoms with E-state index in [-0.39, 0.29) is 0 Å². The molecule has 2 heterocycles. The zero-order valence-electron chi connectivity index (χ0n) is 12.7. The Kier molecular flexibility index (Phi) is 4.13. The molecule has 1 atom stereocenters. The van der Waals surface area contributed by atoms with Gasteiger partial charge in [0.05, 0.1) is 0 Å². The maximum Gasteiger partial charge on any atom is 0.191 e. The molecule has 1 unspecified atom stereocenters. The standard InChI is InChI=1S/C17H24N4/c1-13-5-4-10-21(12-13)17(18)19-9-8-14-11-20-16-7-3-2-6-15(14)16/h2-3,6-7,11,13,20H,4-5,8-10,12H2,1H3,(H2,18,19). The maximum absolute atomic E-state index is 6.13. The quantitative estimate of drug-likeness (QED) is 0.672. The van der Waals surface area contributed by atoms with E-state index in [1.807, 2.05) is 0 Å². The Bertz CT molecular complexity index is 629. The Morgan fingerprint density at radius 1 is 1.43 bits per heavy atom. The number of aliphatic imine (C=N–C) groups is 1. The lowest BCUT2D eigenvalue weighted by Crippen LogP contribution is -2.43. The highest BCUT2D eigenvalue weighted by atomic mass is 15.3. The molecule has 4 heteroatoms. The van der Waals surface area contributed by atoms with Crippen LogP contribution in [0.5, 0.6) is 0 Å². The van der Waals surface area contributed by atoms with Crippen molar-refractivity contribution in [3.05, 3.63) is 36.0 Å². The number of aromatic nitrogens is 1. The molecule has 0 saturated carbocycles. The zero-order chi connectivity index (χ0) is 14.7. The number of para-hydroxylation sites is 1. The highest BCUT2D eigenvalue weighted by Crippen LogP contribution is 2.18. The van der Waals surface area contributed by atoms with Crippen LogP contribution in [-0.2, 0) is 6.42 Å². The third-order valence-electron chi connectivity index (χ3n) is 4.31. The van der Waals surface area contributed by atoms with Crippen LogP contribution in [0.3, 0.4) is 0 Å². The minimum Gasteiger partial charge on any atom is -0.370 e. The molecule has 0 amide bonds. The van der Waals surface area contributed by atoms with Gasteiger partial charge in [-0.2, -0.15) is 0 Å². The summed E-state index contributed by atoms with van der Waals surface area (Å²) in [4.78, 5) is 10.1. The minimum atomic E-state index is 0.710. The van der Waals surface area contributed by atoms with Gasteiger partial charge in [-0.15, -0.1) is 0 Å². The summed E-state index contributed by atoms with van der Waals surface area (Å²) >= 11 is 0. The van der Waals surface area contributed by atoms with Gasteiger partial charge in [-0.05, 0) is 36.8 Å². The van der Waals surface area contributed by atoms with Crippen LogP contribution in [0.1, 0.15) is 25.3 Å². The molecule has 4 nitrogen and oxygen atoms in total. The third-order valence-corrected chi connectivity index (χ3v) is 4.31. The van der Waals surface area contributed by atoms with Crippen molar-refractivity contribution in [1.82, 2.24) is 9.88 Å². The summed E-state index contributed by atoms with van der Waals surface area (Å²) in [5, 5.41) is 1.29. The molecule has 3 N–H and O–H groups in total. The average molecular weight is 284 g/mol. The van der Waals surface area contributed by atoms with Gasteiger partial charge in [-0.25, -0.2) is 0 Å². The summed E-state index contributed by atoms with van der Waals surface area (Å²) < 4.78 is 0. The van der Waals surface area contributed by atoms with E-state index in [1.54, 1.807) is 0 Å². The summed E-state index contributed by atoms with van der Waals surface area (Å²) in [5.41, 5.74) is 8.63. The first-order chi connectivity index (χ1) is 10.2. The first-order valence-electron chi connectivity index (χ1n) is 7.84. The van der Waals surface area contributed by atoms with Crippen LogP contribution < -0.4 is 5.73 Å². The number of rotatable bonds is 3. The lowest BCUT2D eigenvalue weighted by molar-refractivity contribution is 0.270. The van der Waals surface area contributed by atoms with Crippen LogP contribution in [0.4, 0.5) is 0 Å². The highest BCUT2D eigenvalue weighted by molar-refractivity contribution is 5.83. The fraction of sp³-hybridized carbons (Fsp3) is 0.471. The van der Waals surface area contributed by atoms with Crippen LogP contribution in [0, 0.1) is 5.92 Å². The fourth-order valence-electron chi connectivity index (χ4n) is 3.13.